The van der Waals surface area contributed by atoms with Gasteiger partial charge in [-0.15, -0.1) is 0 Å². The summed E-state index contributed by atoms with van der Waals surface area (Å²) < 4.78 is 5.04. The van der Waals surface area contributed by atoms with Crippen molar-refractivity contribution in [2.24, 2.45) is 0 Å². The number of methoxy groups -OCH3 is 1. The molecular weight excluding hydrogens is 194 g/mol. The Hall–Kier alpha value is -0.610. The molecule has 0 aromatic carbocycles. The van der Waals surface area contributed by atoms with Crippen LogP contribution < -0.4 is 0 Å². The summed E-state index contributed by atoms with van der Waals surface area (Å²) in [7, 11) is 3.47. The largest absolute Gasteiger partial charge is 0.480 e. The van der Waals surface area contributed by atoms with E-state index in [4.69, 9.17) is 4.74 Å². The maximum atomic E-state index is 11.3. The number of aliphatic carboxylic acids is 1. The average Bonchev–Trinajstić information content (AvgIpc) is 2.17. The van der Waals surface area contributed by atoms with E-state index in [1.54, 1.807) is 14.0 Å². The van der Waals surface area contributed by atoms with Crippen LogP contribution in [0.25, 0.3) is 0 Å². The first kappa shape index (κ1) is 14.4. The molecule has 0 aliphatic carbocycles. The highest BCUT2D eigenvalue weighted by Crippen LogP contribution is 2.22. The smallest absolute Gasteiger partial charge is 0.323 e. The maximum Gasteiger partial charge on any atom is 0.323 e. The summed E-state index contributed by atoms with van der Waals surface area (Å²) in [5, 5.41) is 9.27. The number of rotatable bonds is 7. The molecule has 0 bridgehead atoms. The number of hydrogen-bond donors (Lipinski definition) is 1. The van der Waals surface area contributed by atoms with Crippen LogP contribution in [0.15, 0.2) is 0 Å². The van der Waals surface area contributed by atoms with Crippen molar-refractivity contribution < 1.29 is 14.6 Å². The highest BCUT2D eigenvalue weighted by Gasteiger charge is 2.38. The van der Waals surface area contributed by atoms with Gasteiger partial charge >= 0.3 is 5.97 Å². The molecule has 90 valence electrons. The number of nitrogens with zero attached hydrogens (tertiary/aromatic N) is 1. The summed E-state index contributed by atoms with van der Waals surface area (Å²) in [5.41, 5.74) is -0.799. The summed E-state index contributed by atoms with van der Waals surface area (Å²) in [5.74, 6) is -0.769. The number of likely N-dealkylation sites (N-methyl/N-ethyl adjacent to an activating group) is 1. The molecule has 0 saturated carbocycles. The van der Waals surface area contributed by atoms with Crippen LogP contribution in [0, 0.1) is 0 Å². The minimum absolute atomic E-state index is 0.0997. The quantitative estimate of drug-likeness (QED) is 0.703. The van der Waals surface area contributed by atoms with E-state index in [1.807, 2.05) is 25.8 Å². The van der Waals surface area contributed by atoms with Gasteiger partial charge in [0.25, 0.3) is 0 Å². The Bertz CT molecular complexity index is 208. The van der Waals surface area contributed by atoms with Gasteiger partial charge < -0.3 is 9.84 Å². The van der Waals surface area contributed by atoms with Crippen molar-refractivity contribution in [2.45, 2.75) is 45.2 Å². The topological polar surface area (TPSA) is 49.8 Å². The van der Waals surface area contributed by atoms with Gasteiger partial charge in [-0.2, -0.15) is 0 Å². The Morgan fingerprint density at radius 3 is 2.47 bits per heavy atom. The van der Waals surface area contributed by atoms with Gasteiger partial charge in [0, 0.05) is 13.2 Å². The number of carboxylic acid groups (broad SMARTS) is 1. The van der Waals surface area contributed by atoms with Gasteiger partial charge in [-0.25, -0.2) is 0 Å². The molecule has 15 heavy (non-hydrogen) atoms. The zero-order valence-corrected chi connectivity index (χ0v) is 10.4. The zero-order valence-electron chi connectivity index (χ0n) is 10.4. The third-order valence-electron chi connectivity index (χ3n) is 3.05. The predicted molar refractivity (Wildman–Crippen MR) is 60.0 cm³/mol. The Kier molecular flexibility index (Phi) is 5.83. The van der Waals surface area contributed by atoms with Crippen molar-refractivity contribution in [3.05, 3.63) is 0 Å². The van der Waals surface area contributed by atoms with Crippen LogP contribution in [0.1, 0.15) is 33.6 Å². The summed E-state index contributed by atoms with van der Waals surface area (Å²) >= 11 is 0. The summed E-state index contributed by atoms with van der Waals surface area (Å²) in [6, 6.07) is 0.0997. The molecule has 4 heteroatoms. The van der Waals surface area contributed by atoms with Gasteiger partial charge in [0.15, 0.2) is 0 Å². The minimum atomic E-state index is -0.799. The van der Waals surface area contributed by atoms with Crippen LogP contribution in [0.3, 0.4) is 0 Å². The molecule has 0 heterocycles. The Labute approximate surface area is 92.2 Å². The molecule has 0 aliphatic rings. The van der Waals surface area contributed by atoms with E-state index in [2.05, 4.69) is 0 Å². The highest BCUT2D eigenvalue weighted by molar-refractivity contribution is 5.78. The molecule has 0 fully saturated rings. The molecule has 0 aliphatic heterocycles. The van der Waals surface area contributed by atoms with E-state index in [-0.39, 0.29) is 6.04 Å². The van der Waals surface area contributed by atoms with E-state index in [0.717, 1.165) is 6.42 Å². The van der Waals surface area contributed by atoms with E-state index in [0.29, 0.717) is 13.0 Å². The molecule has 0 aromatic rings. The monoisotopic (exact) mass is 217 g/mol. The molecule has 0 saturated heterocycles. The Morgan fingerprint density at radius 1 is 1.60 bits per heavy atom. The lowest BCUT2D eigenvalue weighted by atomic mass is 9.93. The van der Waals surface area contributed by atoms with Gasteiger partial charge in [-0.3, -0.25) is 9.69 Å². The van der Waals surface area contributed by atoms with E-state index >= 15 is 0 Å². The van der Waals surface area contributed by atoms with Crippen LogP contribution in [-0.4, -0.2) is 48.3 Å². The Morgan fingerprint density at radius 2 is 2.13 bits per heavy atom. The first-order chi connectivity index (χ1) is 6.90. The van der Waals surface area contributed by atoms with Crippen molar-refractivity contribution in [3.63, 3.8) is 0 Å². The molecule has 0 spiro atoms. The van der Waals surface area contributed by atoms with Gasteiger partial charge in [0.1, 0.15) is 5.54 Å². The van der Waals surface area contributed by atoms with Crippen molar-refractivity contribution in [3.8, 4) is 0 Å². The first-order valence-corrected chi connectivity index (χ1v) is 5.35. The number of carbonyl (C=O) groups is 1. The fraction of sp³-hybridized carbons (Fsp3) is 0.909. The summed E-state index contributed by atoms with van der Waals surface area (Å²) in [6.07, 6.45) is 1.50. The third kappa shape index (κ3) is 3.47. The maximum absolute atomic E-state index is 11.3. The normalized spacial score (nSPS) is 17.5. The third-order valence-corrected chi connectivity index (χ3v) is 3.05. The second kappa shape index (κ2) is 6.08. The average molecular weight is 217 g/mol. The molecule has 0 rings (SSSR count). The number of carboxylic acids is 1. The molecule has 0 radical (unpaired) electrons. The van der Waals surface area contributed by atoms with Crippen LogP contribution in [0.5, 0.6) is 0 Å². The van der Waals surface area contributed by atoms with Crippen LogP contribution >= 0.6 is 0 Å². The first-order valence-electron chi connectivity index (χ1n) is 5.35. The molecule has 0 aromatic heterocycles. The Balaban J connectivity index is 4.68. The highest BCUT2D eigenvalue weighted by atomic mass is 16.5. The number of ether oxygens (including phenoxy) is 1. The predicted octanol–water partition coefficient (Wildman–Crippen LogP) is 1.60. The minimum Gasteiger partial charge on any atom is -0.480 e. The second-order valence-corrected chi connectivity index (χ2v) is 4.24. The lowest BCUT2D eigenvalue weighted by Crippen LogP contribution is -2.54. The zero-order chi connectivity index (χ0) is 12.1. The van der Waals surface area contributed by atoms with Crippen LogP contribution in [0.2, 0.25) is 0 Å². The molecular formula is C11H23NO3. The van der Waals surface area contributed by atoms with Crippen LogP contribution in [0.4, 0.5) is 0 Å². The van der Waals surface area contributed by atoms with Crippen molar-refractivity contribution in [1.82, 2.24) is 4.90 Å². The van der Waals surface area contributed by atoms with Crippen LogP contribution in [-0.2, 0) is 9.53 Å². The molecule has 1 N–H and O–H groups in total. The van der Waals surface area contributed by atoms with Gasteiger partial charge in [0.05, 0.1) is 6.61 Å². The lowest BCUT2D eigenvalue weighted by molar-refractivity contribution is -0.152. The van der Waals surface area contributed by atoms with Crippen molar-refractivity contribution >= 4 is 5.97 Å². The van der Waals surface area contributed by atoms with E-state index < -0.39 is 11.5 Å². The standard InChI is InChI=1S/C11H23NO3/c1-6-7-11(3,10(13)14)12(4)9(2)8-15-5/h9H,6-8H2,1-5H3,(H,13,14). The molecule has 2 unspecified atom stereocenters. The van der Waals surface area contributed by atoms with Gasteiger partial charge in [0.2, 0.25) is 0 Å². The van der Waals surface area contributed by atoms with E-state index in [9.17, 15) is 9.90 Å². The fourth-order valence-electron chi connectivity index (χ4n) is 1.76. The fourth-order valence-corrected chi connectivity index (χ4v) is 1.76. The molecule has 4 nitrogen and oxygen atoms in total. The second-order valence-electron chi connectivity index (χ2n) is 4.24. The van der Waals surface area contributed by atoms with Crippen molar-refractivity contribution in [2.75, 3.05) is 20.8 Å². The molecule has 2 atom stereocenters. The summed E-state index contributed by atoms with van der Waals surface area (Å²) in [6.45, 7) is 6.28. The van der Waals surface area contributed by atoms with Crippen molar-refractivity contribution in [1.29, 1.82) is 0 Å². The van der Waals surface area contributed by atoms with Gasteiger partial charge in [-0.1, -0.05) is 13.3 Å². The SMILES string of the molecule is CCCC(C)(C(=O)O)N(C)C(C)COC. The lowest BCUT2D eigenvalue weighted by Gasteiger charge is -2.38. The van der Waals surface area contributed by atoms with Gasteiger partial charge in [-0.05, 0) is 27.3 Å². The summed E-state index contributed by atoms with van der Waals surface area (Å²) in [4.78, 5) is 13.2. The molecule has 0 amide bonds. The van der Waals surface area contributed by atoms with E-state index in [1.165, 1.54) is 0 Å². The number of hydrogen-bond acceptors (Lipinski definition) is 3.